The lowest BCUT2D eigenvalue weighted by Gasteiger charge is -2.29. The van der Waals surface area contributed by atoms with E-state index >= 15 is 0 Å². The molecule has 126 valence electrons. The fourth-order valence-electron chi connectivity index (χ4n) is 2.94. The Morgan fingerprint density at radius 2 is 2.04 bits per heavy atom. The van der Waals surface area contributed by atoms with Gasteiger partial charge in [0.25, 0.3) is 0 Å². The second kappa shape index (κ2) is 7.97. The monoisotopic (exact) mass is 320 g/mol. The molecule has 1 aliphatic rings. The molecule has 0 bridgehead atoms. The first-order chi connectivity index (χ1) is 11.0. The molecule has 1 atom stereocenters. The highest BCUT2D eigenvalue weighted by Gasteiger charge is 2.30. The molecule has 6 nitrogen and oxygen atoms in total. The minimum atomic E-state index is -0.961. The van der Waals surface area contributed by atoms with E-state index in [9.17, 15) is 9.59 Å². The molecule has 0 spiro atoms. The van der Waals surface area contributed by atoms with Gasteiger partial charge in [0.15, 0.2) is 0 Å². The summed E-state index contributed by atoms with van der Waals surface area (Å²) in [6, 6.07) is 7.49. The van der Waals surface area contributed by atoms with E-state index in [1.165, 1.54) is 4.90 Å². The molecule has 6 heteroatoms. The third kappa shape index (κ3) is 4.69. The van der Waals surface area contributed by atoms with E-state index in [0.717, 1.165) is 30.6 Å². The average molecular weight is 320 g/mol. The number of hydrogen-bond acceptors (Lipinski definition) is 4. The van der Waals surface area contributed by atoms with E-state index < -0.39 is 5.97 Å². The van der Waals surface area contributed by atoms with Crippen LogP contribution in [0.5, 0.6) is 5.75 Å². The van der Waals surface area contributed by atoms with Crippen LogP contribution in [-0.2, 0) is 16.1 Å². The van der Waals surface area contributed by atoms with Gasteiger partial charge in [-0.25, -0.2) is 0 Å². The van der Waals surface area contributed by atoms with Crippen LogP contribution in [-0.4, -0.2) is 60.1 Å². The van der Waals surface area contributed by atoms with E-state index in [1.807, 2.05) is 36.2 Å². The minimum absolute atomic E-state index is 0.0825. The lowest BCUT2D eigenvalue weighted by Crippen LogP contribution is -2.47. The number of rotatable bonds is 6. The number of likely N-dealkylation sites (N-methyl/N-ethyl adjacent to an activating group) is 1. The second-order valence-corrected chi connectivity index (χ2v) is 5.93. The summed E-state index contributed by atoms with van der Waals surface area (Å²) >= 11 is 0. The van der Waals surface area contributed by atoms with Crippen molar-refractivity contribution in [3.63, 3.8) is 0 Å². The largest absolute Gasteiger partial charge is 0.497 e. The SMILES string of the molecule is COc1ccc(CN(C)C2CCCCN(CC(=O)O)C2=O)cc1. The van der Waals surface area contributed by atoms with E-state index in [0.29, 0.717) is 13.1 Å². The predicted octanol–water partition coefficient (Wildman–Crippen LogP) is 1.59. The first kappa shape index (κ1) is 17.3. The van der Waals surface area contributed by atoms with E-state index in [-0.39, 0.29) is 18.5 Å². The fourth-order valence-corrected chi connectivity index (χ4v) is 2.94. The van der Waals surface area contributed by atoms with Gasteiger partial charge < -0.3 is 14.7 Å². The number of methoxy groups -OCH3 is 1. The van der Waals surface area contributed by atoms with E-state index in [1.54, 1.807) is 7.11 Å². The van der Waals surface area contributed by atoms with Gasteiger partial charge in [0.05, 0.1) is 13.2 Å². The third-order valence-corrected chi connectivity index (χ3v) is 4.20. The number of carboxylic acids is 1. The number of likely N-dealkylation sites (tertiary alicyclic amines) is 1. The highest BCUT2D eigenvalue weighted by Crippen LogP contribution is 2.19. The molecule has 1 aromatic rings. The van der Waals surface area contributed by atoms with Crippen LogP contribution in [0.3, 0.4) is 0 Å². The molecular weight excluding hydrogens is 296 g/mol. The molecule has 1 aromatic carbocycles. The zero-order chi connectivity index (χ0) is 16.8. The Bertz CT molecular complexity index is 544. The predicted molar refractivity (Wildman–Crippen MR) is 86.3 cm³/mol. The van der Waals surface area contributed by atoms with Gasteiger partial charge in [0.2, 0.25) is 5.91 Å². The zero-order valence-electron chi connectivity index (χ0n) is 13.7. The maximum absolute atomic E-state index is 12.6. The number of carboxylic acid groups (broad SMARTS) is 1. The molecule has 23 heavy (non-hydrogen) atoms. The van der Waals surface area contributed by atoms with Gasteiger partial charge in [-0.05, 0) is 44.0 Å². The number of carbonyl (C=O) groups is 2. The molecular formula is C17H24N2O4. The van der Waals surface area contributed by atoms with E-state index in [2.05, 4.69) is 0 Å². The molecule has 0 radical (unpaired) electrons. The van der Waals surface area contributed by atoms with Gasteiger partial charge in [-0.15, -0.1) is 0 Å². The van der Waals surface area contributed by atoms with Crippen LogP contribution in [0, 0.1) is 0 Å². The van der Waals surface area contributed by atoms with Gasteiger partial charge in [-0.3, -0.25) is 14.5 Å². The number of nitrogens with zero attached hydrogens (tertiary/aromatic N) is 2. The standard InChI is InChI=1S/C17H24N2O4/c1-18(11-13-6-8-14(23-2)9-7-13)15-5-3-4-10-19(17(15)22)12-16(20)21/h6-9,15H,3-5,10-12H2,1-2H3,(H,20,21). The molecule has 1 N–H and O–H groups in total. The number of benzene rings is 1. The Balaban J connectivity index is 2.04. The molecule has 0 aromatic heterocycles. The Kier molecular flexibility index (Phi) is 5.98. The number of aliphatic carboxylic acids is 1. The lowest BCUT2D eigenvalue weighted by molar-refractivity contribution is -0.146. The summed E-state index contributed by atoms with van der Waals surface area (Å²) in [6.45, 7) is 0.949. The Labute approximate surface area is 136 Å². The topological polar surface area (TPSA) is 70.1 Å². The molecule has 1 saturated heterocycles. The van der Waals surface area contributed by atoms with Crippen molar-refractivity contribution >= 4 is 11.9 Å². The number of carbonyl (C=O) groups excluding carboxylic acids is 1. The van der Waals surface area contributed by atoms with Crippen molar-refractivity contribution in [2.24, 2.45) is 0 Å². The van der Waals surface area contributed by atoms with Crippen LogP contribution in [0.25, 0.3) is 0 Å². The number of hydrogen-bond donors (Lipinski definition) is 1. The Morgan fingerprint density at radius 3 is 2.65 bits per heavy atom. The summed E-state index contributed by atoms with van der Waals surface area (Å²) in [5.41, 5.74) is 1.09. The Morgan fingerprint density at radius 1 is 1.35 bits per heavy atom. The van der Waals surface area contributed by atoms with Crippen molar-refractivity contribution in [2.45, 2.75) is 31.8 Å². The third-order valence-electron chi connectivity index (χ3n) is 4.20. The molecule has 1 fully saturated rings. The molecule has 2 rings (SSSR count). The summed E-state index contributed by atoms with van der Waals surface area (Å²) < 4.78 is 5.15. The van der Waals surface area contributed by atoms with Gasteiger partial charge in [0.1, 0.15) is 12.3 Å². The van der Waals surface area contributed by atoms with Crippen molar-refractivity contribution in [3.8, 4) is 5.75 Å². The highest BCUT2D eigenvalue weighted by molar-refractivity contribution is 5.85. The van der Waals surface area contributed by atoms with Crippen LogP contribution in [0.4, 0.5) is 0 Å². The first-order valence-electron chi connectivity index (χ1n) is 7.85. The summed E-state index contributed by atoms with van der Waals surface area (Å²) in [7, 11) is 3.54. The summed E-state index contributed by atoms with van der Waals surface area (Å²) in [6.07, 6.45) is 2.55. The van der Waals surface area contributed by atoms with Gasteiger partial charge in [-0.2, -0.15) is 0 Å². The number of amides is 1. The summed E-state index contributed by atoms with van der Waals surface area (Å²) in [4.78, 5) is 27.0. The quantitative estimate of drug-likeness (QED) is 0.862. The maximum atomic E-state index is 12.6. The smallest absolute Gasteiger partial charge is 0.323 e. The van der Waals surface area contributed by atoms with Gasteiger partial charge >= 0.3 is 5.97 Å². The first-order valence-corrected chi connectivity index (χ1v) is 7.85. The number of ether oxygens (including phenoxy) is 1. The highest BCUT2D eigenvalue weighted by atomic mass is 16.5. The van der Waals surface area contributed by atoms with Crippen molar-refractivity contribution in [1.82, 2.24) is 9.80 Å². The molecule has 1 unspecified atom stereocenters. The average Bonchev–Trinajstić information content (AvgIpc) is 2.70. The van der Waals surface area contributed by atoms with Crippen molar-refractivity contribution in [1.29, 1.82) is 0 Å². The zero-order valence-corrected chi connectivity index (χ0v) is 13.7. The van der Waals surface area contributed by atoms with Crippen LogP contribution in [0.15, 0.2) is 24.3 Å². The molecule has 1 aliphatic heterocycles. The van der Waals surface area contributed by atoms with Gasteiger partial charge in [-0.1, -0.05) is 12.1 Å². The minimum Gasteiger partial charge on any atom is -0.497 e. The van der Waals surface area contributed by atoms with Crippen molar-refractivity contribution < 1.29 is 19.4 Å². The van der Waals surface area contributed by atoms with Crippen LogP contribution in [0.2, 0.25) is 0 Å². The molecule has 0 saturated carbocycles. The lowest BCUT2D eigenvalue weighted by atomic mass is 10.1. The second-order valence-electron chi connectivity index (χ2n) is 5.93. The van der Waals surface area contributed by atoms with Crippen LogP contribution >= 0.6 is 0 Å². The van der Waals surface area contributed by atoms with Crippen molar-refractivity contribution in [3.05, 3.63) is 29.8 Å². The molecule has 1 heterocycles. The Hall–Kier alpha value is -2.08. The van der Waals surface area contributed by atoms with Gasteiger partial charge in [0, 0.05) is 13.1 Å². The normalized spacial score (nSPS) is 18.8. The molecule has 0 aliphatic carbocycles. The maximum Gasteiger partial charge on any atom is 0.323 e. The molecule has 1 amide bonds. The van der Waals surface area contributed by atoms with Crippen molar-refractivity contribution in [2.75, 3.05) is 27.2 Å². The fraction of sp³-hybridized carbons (Fsp3) is 0.529. The summed E-state index contributed by atoms with van der Waals surface area (Å²) in [5.74, 6) is -0.243. The van der Waals surface area contributed by atoms with E-state index in [4.69, 9.17) is 9.84 Å². The summed E-state index contributed by atoms with van der Waals surface area (Å²) in [5, 5.41) is 8.97. The van der Waals surface area contributed by atoms with Crippen LogP contribution < -0.4 is 4.74 Å². The van der Waals surface area contributed by atoms with Crippen LogP contribution in [0.1, 0.15) is 24.8 Å².